The number of aldehydes is 1. The lowest BCUT2D eigenvalue weighted by molar-refractivity contribution is -0.110. The molecular weight excluding hydrogens is 108 g/mol. The van der Waals surface area contributed by atoms with Crippen molar-refractivity contribution in [3.8, 4) is 0 Å². The smallest absolute Gasteiger partial charge is 0.188 e. The van der Waals surface area contributed by atoms with Crippen molar-refractivity contribution in [3.05, 3.63) is 12.3 Å². The summed E-state index contributed by atoms with van der Waals surface area (Å²) in [5.74, 6) is 0.0897. The summed E-state index contributed by atoms with van der Waals surface area (Å²) >= 11 is 0. The lowest BCUT2D eigenvalue weighted by atomic mass is 10.6. The second-order valence-electron chi connectivity index (χ2n) is 1.14. The van der Waals surface area contributed by atoms with Gasteiger partial charge in [0.05, 0.1) is 0 Å². The van der Waals surface area contributed by atoms with Crippen LogP contribution < -0.4 is 0 Å². The van der Waals surface area contributed by atoms with Crippen LogP contribution in [0.3, 0.4) is 0 Å². The van der Waals surface area contributed by atoms with E-state index < -0.39 is 0 Å². The van der Waals surface area contributed by atoms with Gasteiger partial charge in [-0.2, -0.15) is 0 Å². The summed E-state index contributed by atoms with van der Waals surface area (Å²) in [6, 6.07) is 0. The van der Waals surface area contributed by atoms with Gasteiger partial charge in [-0.25, -0.2) is 0 Å². The van der Waals surface area contributed by atoms with Crippen molar-refractivity contribution in [1.29, 1.82) is 0 Å². The Kier molecular flexibility index (Phi) is 3.88. The number of methoxy groups -OCH3 is 1. The number of rotatable bonds is 4. The SMILES string of the molecule is C=C(C=O)OCOC. The molecule has 0 amide bonds. The molecular formula is C5H8O3. The monoisotopic (exact) mass is 116 g/mol. The van der Waals surface area contributed by atoms with Crippen LogP contribution in [0.4, 0.5) is 0 Å². The van der Waals surface area contributed by atoms with Crippen molar-refractivity contribution < 1.29 is 14.3 Å². The molecule has 0 aliphatic heterocycles. The van der Waals surface area contributed by atoms with E-state index in [9.17, 15) is 4.79 Å². The first-order valence-corrected chi connectivity index (χ1v) is 2.07. The number of allylic oxidation sites excluding steroid dienone is 1. The zero-order chi connectivity index (χ0) is 6.41. The van der Waals surface area contributed by atoms with Crippen molar-refractivity contribution in [1.82, 2.24) is 0 Å². The van der Waals surface area contributed by atoms with Crippen molar-refractivity contribution in [2.45, 2.75) is 0 Å². The van der Waals surface area contributed by atoms with Crippen LogP contribution in [-0.2, 0) is 14.3 Å². The van der Waals surface area contributed by atoms with E-state index in [-0.39, 0.29) is 12.6 Å². The summed E-state index contributed by atoms with van der Waals surface area (Å²) in [6.07, 6.45) is 0.527. The van der Waals surface area contributed by atoms with Gasteiger partial charge in [-0.15, -0.1) is 0 Å². The van der Waals surface area contributed by atoms with Gasteiger partial charge in [0.25, 0.3) is 0 Å². The minimum Gasteiger partial charge on any atom is -0.465 e. The number of carbonyl (C=O) groups excluding carboxylic acids is 1. The van der Waals surface area contributed by atoms with Crippen LogP contribution in [0.15, 0.2) is 12.3 Å². The van der Waals surface area contributed by atoms with Crippen LogP contribution in [-0.4, -0.2) is 20.2 Å². The zero-order valence-corrected chi connectivity index (χ0v) is 4.72. The standard InChI is InChI=1S/C5H8O3/c1-5(3-6)8-4-7-2/h3H,1,4H2,2H3. The van der Waals surface area contributed by atoms with Gasteiger partial charge in [0, 0.05) is 7.11 Å². The second kappa shape index (κ2) is 4.33. The van der Waals surface area contributed by atoms with Gasteiger partial charge in [-0.05, 0) is 0 Å². The summed E-state index contributed by atoms with van der Waals surface area (Å²) in [5, 5.41) is 0. The quantitative estimate of drug-likeness (QED) is 0.229. The maximum Gasteiger partial charge on any atom is 0.188 e. The zero-order valence-electron chi connectivity index (χ0n) is 4.72. The van der Waals surface area contributed by atoms with E-state index in [1.807, 2.05) is 0 Å². The van der Waals surface area contributed by atoms with Gasteiger partial charge < -0.3 is 9.47 Å². The molecule has 0 atom stereocenters. The molecule has 0 aromatic rings. The summed E-state index contributed by atoms with van der Waals surface area (Å²) in [5.41, 5.74) is 0. The molecule has 0 unspecified atom stereocenters. The first-order chi connectivity index (χ1) is 3.81. The Morgan fingerprint density at radius 1 is 1.88 bits per heavy atom. The summed E-state index contributed by atoms with van der Waals surface area (Å²) in [7, 11) is 1.47. The Bertz CT molecular complexity index is 87.7. The predicted octanol–water partition coefficient (Wildman–Crippen LogP) is 0.319. The third kappa shape index (κ3) is 3.36. The molecule has 0 aliphatic carbocycles. The highest BCUT2D eigenvalue weighted by Crippen LogP contribution is 1.85. The van der Waals surface area contributed by atoms with Crippen LogP contribution in [0, 0.1) is 0 Å². The molecule has 8 heavy (non-hydrogen) atoms. The van der Waals surface area contributed by atoms with Gasteiger partial charge in [-0.1, -0.05) is 6.58 Å². The Balaban J connectivity index is 3.11. The molecule has 3 heteroatoms. The van der Waals surface area contributed by atoms with Crippen molar-refractivity contribution >= 4 is 6.29 Å². The normalized spacial score (nSPS) is 8.12. The van der Waals surface area contributed by atoms with Crippen molar-refractivity contribution in [2.75, 3.05) is 13.9 Å². The fraction of sp³-hybridized carbons (Fsp3) is 0.400. The fourth-order valence-electron chi connectivity index (χ4n) is 0.169. The number of ether oxygens (including phenoxy) is 2. The second-order valence-corrected chi connectivity index (χ2v) is 1.14. The van der Waals surface area contributed by atoms with E-state index in [0.29, 0.717) is 6.29 Å². The van der Waals surface area contributed by atoms with Crippen LogP contribution in [0.25, 0.3) is 0 Å². The lowest BCUT2D eigenvalue weighted by Gasteiger charge is -1.98. The average molecular weight is 116 g/mol. The van der Waals surface area contributed by atoms with E-state index >= 15 is 0 Å². The molecule has 0 radical (unpaired) electrons. The Morgan fingerprint density at radius 2 is 2.50 bits per heavy atom. The average Bonchev–Trinajstić information content (AvgIpc) is 1.83. The molecule has 46 valence electrons. The van der Waals surface area contributed by atoms with Crippen LogP contribution in [0.5, 0.6) is 0 Å². The Labute approximate surface area is 47.9 Å². The molecule has 0 aliphatic rings. The molecule has 0 aromatic carbocycles. The maximum absolute atomic E-state index is 9.73. The summed E-state index contributed by atoms with van der Waals surface area (Å²) in [4.78, 5) is 9.73. The minimum absolute atomic E-state index is 0.0809. The molecule has 0 N–H and O–H groups in total. The Hall–Kier alpha value is -0.830. The first-order valence-electron chi connectivity index (χ1n) is 2.07. The minimum atomic E-state index is 0.0809. The summed E-state index contributed by atoms with van der Waals surface area (Å²) in [6.45, 7) is 3.32. The van der Waals surface area contributed by atoms with Gasteiger partial charge >= 0.3 is 0 Å². The van der Waals surface area contributed by atoms with E-state index in [4.69, 9.17) is 0 Å². The highest BCUT2D eigenvalue weighted by molar-refractivity contribution is 5.68. The molecule has 0 heterocycles. The molecule has 0 bridgehead atoms. The first kappa shape index (κ1) is 7.17. The molecule has 0 rings (SSSR count). The highest BCUT2D eigenvalue weighted by Gasteiger charge is 1.85. The third-order valence-electron chi connectivity index (χ3n) is 0.494. The van der Waals surface area contributed by atoms with Gasteiger partial charge in [-0.3, -0.25) is 4.79 Å². The van der Waals surface area contributed by atoms with Gasteiger partial charge in [0.15, 0.2) is 18.8 Å². The van der Waals surface area contributed by atoms with E-state index in [1.165, 1.54) is 7.11 Å². The lowest BCUT2D eigenvalue weighted by Crippen LogP contribution is -1.95. The highest BCUT2D eigenvalue weighted by atomic mass is 16.7. The summed E-state index contributed by atoms with van der Waals surface area (Å²) < 4.78 is 9.03. The maximum atomic E-state index is 9.73. The number of hydrogen-bond donors (Lipinski definition) is 0. The molecule has 0 aromatic heterocycles. The van der Waals surface area contributed by atoms with Crippen molar-refractivity contribution in [3.63, 3.8) is 0 Å². The van der Waals surface area contributed by atoms with Gasteiger partial charge in [0.1, 0.15) is 0 Å². The van der Waals surface area contributed by atoms with Gasteiger partial charge in [0.2, 0.25) is 0 Å². The predicted molar refractivity (Wildman–Crippen MR) is 28.2 cm³/mol. The third-order valence-corrected chi connectivity index (χ3v) is 0.494. The molecule has 0 fully saturated rings. The number of hydrogen-bond acceptors (Lipinski definition) is 3. The molecule has 3 nitrogen and oxygen atoms in total. The van der Waals surface area contributed by atoms with E-state index in [0.717, 1.165) is 0 Å². The van der Waals surface area contributed by atoms with E-state index in [1.54, 1.807) is 0 Å². The van der Waals surface area contributed by atoms with E-state index in [2.05, 4.69) is 16.1 Å². The molecule has 0 saturated carbocycles. The Morgan fingerprint density at radius 3 is 2.88 bits per heavy atom. The number of carbonyl (C=O) groups is 1. The van der Waals surface area contributed by atoms with Crippen LogP contribution in [0.2, 0.25) is 0 Å². The van der Waals surface area contributed by atoms with Crippen LogP contribution in [0.1, 0.15) is 0 Å². The van der Waals surface area contributed by atoms with Crippen molar-refractivity contribution in [2.24, 2.45) is 0 Å². The largest absolute Gasteiger partial charge is 0.465 e. The molecule has 0 saturated heterocycles. The molecule has 0 spiro atoms. The topological polar surface area (TPSA) is 35.5 Å². The fourth-order valence-corrected chi connectivity index (χ4v) is 0.169. The van der Waals surface area contributed by atoms with Crippen LogP contribution >= 0.6 is 0 Å².